The minimum atomic E-state index is -1.22. The van der Waals surface area contributed by atoms with E-state index < -0.39 is 35.7 Å². The number of nitrogens with one attached hydrogen (secondary N) is 2. The van der Waals surface area contributed by atoms with Gasteiger partial charge in [0.15, 0.2) is 0 Å². The van der Waals surface area contributed by atoms with Gasteiger partial charge in [-0.25, -0.2) is 14.1 Å². The Kier molecular flexibility index (Phi) is 9.85. The number of benzene rings is 3. The molecule has 0 radical (unpaired) electrons. The molecule has 39 heavy (non-hydrogen) atoms. The maximum absolute atomic E-state index is 14.5. The summed E-state index contributed by atoms with van der Waals surface area (Å²) in [5, 5.41) is 13.9. The van der Waals surface area contributed by atoms with E-state index in [1.54, 1.807) is 54.6 Å². The second-order valence-electron chi connectivity index (χ2n) is 8.66. The van der Waals surface area contributed by atoms with Gasteiger partial charge in [-0.05, 0) is 64.0 Å². The summed E-state index contributed by atoms with van der Waals surface area (Å²) < 4.78 is 25.9. The van der Waals surface area contributed by atoms with Crippen LogP contribution in [-0.2, 0) is 20.7 Å². The van der Waals surface area contributed by atoms with Gasteiger partial charge in [-0.3, -0.25) is 9.59 Å². The summed E-state index contributed by atoms with van der Waals surface area (Å²) >= 11 is 1.96. The van der Waals surface area contributed by atoms with Crippen LogP contribution in [0.25, 0.3) is 0 Å². The first-order valence-corrected chi connectivity index (χ1v) is 13.3. The Labute approximate surface area is 238 Å². The van der Waals surface area contributed by atoms with E-state index in [0.717, 1.165) is 10.5 Å². The molecule has 1 unspecified atom stereocenters. The van der Waals surface area contributed by atoms with E-state index in [4.69, 9.17) is 14.6 Å². The molecule has 3 N–H and O–H groups in total. The molecular formula is C28H27FIN3O6. The van der Waals surface area contributed by atoms with Crippen molar-refractivity contribution in [2.75, 3.05) is 31.7 Å². The third-order valence-corrected chi connectivity index (χ3v) is 6.66. The highest BCUT2D eigenvalue weighted by atomic mass is 127. The van der Waals surface area contributed by atoms with Crippen molar-refractivity contribution in [1.82, 2.24) is 10.2 Å². The number of nitrogens with zero attached hydrogens (tertiary/aromatic N) is 1. The molecule has 1 aliphatic rings. The molecule has 1 fully saturated rings. The number of amides is 4. The maximum Gasteiger partial charge on any atom is 0.325 e. The quantitative estimate of drug-likeness (QED) is 0.157. The van der Waals surface area contributed by atoms with E-state index >= 15 is 0 Å². The molecule has 204 valence electrons. The van der Waals surface area contributed by atoms with Gasteiger partial charge in [-0.2, -0.15) is 0 Å². The number of anilines is 1. The van der Waals surface area contributed by atoms with Gasteiger partial charge in [0, 0.05) is 9.99 Å². The number of halogens is 2. The average molecular weight is 647 g/mol. The van der Waals surface area contributed by atoms with Crippen molar-refractivity contribution in [3.05, 3.63) is 93.3 Å². The minimum absolute atomic E-state index is 0.0422. The average Bonchev–Trinajstić information content (AvgIpc) is 3.23. The fourth-order valence-corrected chi connectivity index (χ4v) is 4.56. The summed E-state index contributed by atoms with van der Waals surface area (Å²) in [6.45, 7) is 0.754. The van der Waals surface area contributed by atoms with Crippen molar-refractivity contribution in [3.63, 3.8) is 0 Å². The number of carbonyl (C=O) groups is 3. The Bertz CT molecular complexity index is 1310. The molecule has 0 spiro atoms. The van der Waals surface area contributed by atoms with Crippen molar-refractivity contribution in [2.24, 2.45) is 0 Å². The molecule has 3 aromatic rings. The summed E-state index contributed by atoms with van der Waals surface area (Å²) in [6, 6.07) is 17.0. The second kappa shape index (κ2) is 13.5. The molecule has 0 aliphatic carbocycles. The van der Waals surface area contributed by atoms with Crippen LogP contribution in [0.3, 0.4) is 0 Å². The van der Waals surface area contributed by atoms with Crippen molar-refractivity contribution < 1.29 is 33.4 Å². The van der Waals surface area contributed by atoms with Gasteiger partial charge in [0.05, 0.1) is 25.5 Å². The number of hydrogen-bond acceptors (Lipinski definition) is 6. The SMILES string of the molecule is O=C(Nc1ccc(I)cc1F)C(Cc1ccccc1)N1C(=O)N[C@H](c2ccc(OCCOCCO)cc2)C1=O. The smallest absolute Gasteiger partial charge is 0.325 e. The summed E-state index contributed by atoms with van der Waals surface area (Å²) in [7, 11) is 0. The van der Waals surface area contributed by atoms with Gasteiger partial charge < -0.3 is 25.2 Å². The molecule has 9 nitrogen and oxygen atoms in total. The summed E-state index contributed by atoms with van der Waals surface area (Å²) in [4.78, 5) is 40.8. The third kappa shape index (κ3) is 7.31. The summed E-state index contributed by atoms with van der Waals surface area (Å²) in [5.74, 6) is -1.35. The highest BCUT2D eigenvalue weighted by molar-refractivity contribution is 14.1. The lowest BCUT2D eigenvalue weighted by atomic mass is 10.0. The molecule has 0 bridgehead atoms. The van der Waals surface area contributed by atoms with Crippen molar-refractivity contribution in [3.8, 4) is 5.75 Å². The molecule has 4 rings (SSSR count). The molecule has 11 heteroatoms. The van der Waals surface area contributed by atoms with Gasteiger partial charge in [0.25, 0.3) is 5.91 Å². The molecule has 2 atom stereocenters. The van der Waals surface area contributed by atoms with E-state index in [9.17, 15) is 18.8 Å². The summed E-state index contributed by atoms with van der Waals surface area (Å²) in [6.07, 6.45) is 0.0513. The largest absolute Gasteiger partial charge is 0.491 e. The third-order valence-electron chi connectivity index (χ3n) is 5.99. The van der Waals surface area contributed by atoms with Gasteiger partial charge in [-0.15, -0.1) is 0 Å². The van der Waals surface area contributed by atoms with Crippen LogP contribution >= 0.6 is 22.6 Å². The Hall–Kier alpha value is -3.55. The molecule has 0 saturated carbocycles. The van der Waals surface area contributed by atoms with E-state index in [-0.39, 0.29) is 31.9 Å². The monoisotopic (exact) mass is 647 g/mol. The Balaban J connectivity index is 1.51. The van der Waals surface area contributed by atoms with E-state index in [1.807, 2.05) is 28.7 Å². The van der Waals surface area contributed by atoms with Crippen LogP contribution in [0.5, 0.6) is 5.75 Å². The van der Waals surface area contributed by atoms with E-state index in [0.29, 0.717) is 21.5 Å². The van der Waals surface area contributed by atoms with Gasteiger partial charge in [-0.1, -0.05) is 42.5 Å². The first kappa shape index (κ1) is 28.5. The maximum atomic E-state index is 14.5. The van der Waals surface area contributed by atoms with Gasteiger partial charge in [0.1, 0.15) is 30.3 Å². The molecule has 1 heterocycles. The topological polar surface area (TPSA) is 117 Å². The van der Waals surface area contributed by atoms with Crippen LogP contribution < -0.4 is 15.4 Å². The number of urea groups is 1. The Morgan fingerprint density at radius 2 is 1.79 bits per heavy atom. The van der Waals surface area contributed by atoms with Crippen molar-refractivity contribution in [2.45, 2.75) is 18.5 Å². The predicted molar refractivity (Wildman–Crippen MR) is 150 cm³/mol. The van der Waals surface area contributed by atoms with Crippen LogP contribution in [0, 0.1) is 9.39 Å². The molecule has 1 saturated heterocycles. The highest BCUT2D eigenvalue weighted by Crippen LogP contribution is 2.27. The first-order chi connectivity index (χ1) is 18.9. The molecule has 1 aliphatic heterocycles. The Morgan fingerprint density at radius 1 is 1.05 bits per heavy atom. The lowest BCUT2D eigenvalue weighted by molar-refractivity contribution is -0.134. The zero-order valence-corrected chi connectivity index (χ0v) is 23.0. The van der Waals surface area contributed by atoms with Crippen LogP contribution in [0.2, 0.25) is 0 Å². The number of aliphatic hydroxyl groups is 1. The molecule has 3 aromatic carbocycles. The lowest BCUT2D eigenvalue weighted by Gasteiger charge is -2.25. The van der Waals surface area contributed by atoms with Crippen molar-refractivity contribution >= 4 is 46.1 Å². The number of imide groups is 1. The number of hydrogen-bond donors (Lipinski definition) is 3. The Morgan fingerprint density at radius 3 is 2.49 bits per heavy atom. The van der Waals surface area contributed by atoms with Crippen LogP contribution in [0.1, 0.15) is 17.2 Å². The molecular weight excluding hydrogens is 620 g/mol. The number of carbonyl (C=O) groups excluding carboxylic acids is 3. The number of ether oxygens (including phenoxy) is 2. The summed E-state index contributed by atoms with van der Waals surface area (Å²) in [5.41, 5.74) is 1.20. The van der Waals surface area contributed by atoms with Gasteiger partial charge >= 0.3 is 6.03 Å². The minimum Gasteiger partial charge on any atom is -0.491 e. The number of rotatable bonds is 12. The van der Waals surface area contributed by atoms with Crippen LogP contribution in [0.4, 0.5) is 14.9 Å². The normalized spacial score (nSPS) is 15.7. The number of aliphatic hydroxyl groups excluding tert-OH is 1. The molecule has 0 aromatic heterocycles. The van der Waals surface area contributed by atoms with Crippen LogP contribution in [0.15, 0.2) is 72.8 Å². The fourth-order valence-electron chi connectivity index (χ4n) is 4.10. The van der Waals surface area contributed by atoms with E-state index in [2.05, 4.69) is 10.6 Å². The predicted octanol–water partition coefficient (Wildman–Crippen LogP) is 3.66. The standard InChI is InChI=1S/C28H27FIN3O6/c29-22-17-20(30)8-11-23(22)31-26(35)24(16-18-4-2-1-3-5-18)33-27(36)25(32-28(33)37)19-6-9-21(10-7-19)39-15-14-38-13-12-34/h1-11,17,24-25,34H,12-16H2,(H,31,35)(H,32,37)/t24?,25-/m1/s1. The van der Waals surface area contributed by atoms with Crippen LogP contribution in [-0.4, -0.2) is 60.3 Å². The second-order valence-corrected chi connectivity index (χ2v) is 9.91. The van der Waals surface area contributed by atoms with Crippen molar-refractivity contribution in [1.29, 1.82) is 0 Å². The highest BCUT2D eigenvalue weighted by Gasteiger charge is 2.45. The zero-order chi connectivity index (χ0) is 27.8. The van der Waals surface area contributed by atoms with E-state index in [1.165, 1.54) is 12.1 Å². The first-order valence-electron chi connectivity index (χ1n) is 12.2. The van der Waals surface area contributed by atoms with Gasteiger partial charge in [0.2, 0.25) is 5.91 Å². The molecule has 4 amide bonds. The zero-order valence-electron chi connectivity index (χ0n) is 20.8. The lowest BCUT2D eigenvalue weighted by Crippen LogP contribution is -2.49. The fraction of sp³-hybridized carbons (Fsp3) is 0.250.